The molecule has 1 N–H and O–H groups in total. The van der Waals surface area contributed by atoms with Crippen LogP contribution >= 0.6 is 11.3 Å². The number of nitrogens with zero attached hydrogens (tertiary/aromatic N) is 1. The van der Waals surface area contributed by atoms with Gasteiger partial charge in [-0.05, 0) is 18.6 Å². The van der Waals surface area contributed by atoms with Crippen molar-refractivity contribution < 1.29 is 4.57 Å². The van der Waals surface area contributed by atoms with Crippen molar-refractivity contribution in [2.45, 2.75) is 13.5 Å². The molecule has 0 fully saturated rings. The summed E-state index contributed by atoms with van der Waals surface area (Å²) >= 11 is 1.72. The Labute approximate surface area is 135 Å². The number of allylic oxidation sites excluding steroid dienone is 1. The van der Waals surface area contributed by atoms with Crippen LogP contribution in [0.3, 0.4) is 0 Å². The molecule has 1 aromatic heterocycles. The van der Waals surface area contributed by atoms with Gasteiger partial charge in [0.05, 0.1) is 0 Å². The average Bonchev–Trinajstić information content (AvgIpc) is 2.94. The van der Waals surface area contributed by atoms with E-state index in [2.05, 4.69) is 77.3 Å². The fourth-order valence-corrected chi connectivity index (χ4v) is 3.37. The number of rotatable bonds is 5. The van der Waals surface area contributed by atoms with Gasteiger partial charge in [0.25, 0.3) is 0 Å². The summed E-state index contributed by atoms with van der Waals surface area (Å²) in [6, 6.07) is 18.8. The van der Waals surface area contributed by atoms with Crippen molar-refractivity contribution in [3.8, 4) is 11.3 Å². The number of hydrogen-bond donors (Lipinski definition) is 1. The molecule has 0 saturated carbocycles. The first-order valence-electron chi connectivity index (χ1n) is 7.30. The van der Waals surface area contributed by atoms with E-state index in [9.17, 15) is 0 Å². The van der Waals surface area contributed by atoms with Crippen molar-refractivity contribution in [3.63, 3.8) is 0 Å². The molecule has 0 atom stereocenters. The summed E-state index contributed by atoms with van der Waals surface area (Å²) in [5.74, 6) is 0. The minimum atomic E-state index is 0.780. The first kappa shape index (κ1) is 14.5. The lowest BCUT2D eigenvalue weighted by atomic mass is 10.2. The van der Waals surface area contributed by atoms with Gasteiger partial charge in [-0.3, -0.25) is 0 Å². The Bertz CT molecular complexity index is 775. The van der Waals surface area contributed by atoms with Gasteiger partial charge in [0.1, 0.15) is 17.9 Å². The molecule has 110 valence electrons. The average molecular weight is 307 g/mol. The highest BCUT2D eigenvalue weighted by Crippen LogP contribution is 2.26. The number of hydrogen-bond acceptors (Lipinski definition) is 2. The third kappa shape index (κ3) is 2.95. The van der Waals surface area contributed by atoms with Crippen molar-refractivity contribution in [1.82, 2.24) is 0 Å². The zero-order chi connectivity index (χ0) is 15.4. The van der Waals surface area contributed by atoms with E-state index in [-0.39, 0.29) is 0 Å². The summed E-state index contributed by atoms with van der Waals surface area (Å²) in [5.41, 5.74) is 4.81. The lowest BCUT2D eigenvalue weighted by molar-refractivity contribution is -0.657. The van der Waals surface area contributed by atoms with E-state index >= 15 is 0 Å². The quantitative estimate of drug-likeness (QED) is 0.521. The molecular formula is C19H19N2S+. The van der Waals surface area contributed by atoms with Gasteiger partial charge in [0.15, 0.2) is 0 Å². The Morgan fingerprint density at radius 3 is 2.55 bits per heavy atom. The standard InChI is InChI=1S/C19H18N2S/c1-3-13-21-18(16-10-5-4-6-11-16)14-22-19(21)20-17-12-8-7-9-15(17)2/h3-12,14H,1,13H2,2H3/p+1. The van der Waals surface area contributed by atoms with Gasteiger partial charge in [-0.25, -0.2) is 9.88 Å². The molecule has 0 unspecified atom stereocenters. The van der Waals surface area contributed by atoms with Gasteiger partial charge >= 0.3 is 5.13 Å². The summed E-state index contributed by atoms with van der Waals surface area (Å²) in [6.07, 6.45) is 1.93. The van der Waals surface area contributed by atoms with Crippen LogP contribution in [0.25, 0.3) is 11.3 Å². The molecule has 22 heavy (non-hydrogen) atoms. The van der Waals surface area contributed by atoms with Crippen LogP contribution in [0.15, 0.2) is 72.6 Å². The number of thiazole rings is 1. The molecule has 0 spiro atoms. The van der Waals surface area contributed by atoms with Gasteiger partial charge in [-0.2, -0.15) is 0 Å². The molecule has 3 aromatic rings. The SMILES string of the molecule is C=CC[n+]1c(-c2ccccc2)csc1Nc1ccccc1C. The van der Waals surface area contributed by atoms with Gasteiger partial charge in [-0.15, -0.1) is 0 Å². The smallest absolute Gasteiger partial charge is 0.231 e. The number of aromatic nitrogens is 1. The zero-order valence-electron chi connectivity index (χ0n) is 12.6. The number of aryl methyl sites for hydroxylation is 1. The van der Waals surface area contributed by atoms with Crippen molar-refractivity contribution in [2.24, 2.45) is 0 Å². The Hall–Kier alpha value is -2.39. The lowest BCUT2D eigenvalue weighted by Gasteiger charge is -2.05. The lowest BCUT2D eigenvalue weighted by Crippen LogP contribution is -2.35. The molecule has 0 saturated heterocycles. The summed E-state index contributed by atoms with van der Waals surface area (Å²) in [6.45, 7) is 6.79. The van der Waals surface area contributed by atoms with E-state index in [1.54, 1.807) is 11.3 Å². The molecule has 0 aliphatic carbocycles. The van der Waals surface area contributed by atoms with E-state index in [0.29, 0.717) is 0 Å². The monoisotopic (exact) mass is 307 g/mol. The minimum absolute atomic E-state index is 0.780. The normalized spacial score (nSPS) is 10.4. The van der Waals surface area contributed by atoms with Gasteiger partial charge in [0, 0.05) is 10.9 Å². The molecule has 0 bridgehead atoms. The zero-order valence-corrected chi connectivity index (χ0v) is 13.4. The number of para-hydroxylation sites is 1. The van der Waals surface area contributed by atoms with Crippen LogP contribution in [0.1, 0.15) is 5.56 Å². The fraction of sp³-hybridized carbons (Fsp3) is 0.105. The maximum absolute atomic E-state index is 3.89. The molecule has 0 amide bonds. The maximum atomic E-state index is 3.89. The van der Waals surface area contributed by atoms with E-state index in [1.807, 2.05) is 12.1 Å². The van der Waals surface area contributed by atoms with Gasteiger partial charge in [-0.1, -0.05) is 72.5 Å². The Kier molecular flexibility index (Phi) is 4.35. The predicted molar refractivity (Wildman–Crippen MR) is 94.6 cm³/mol. The molecule has 0 aliphatic heterocycles. The van der Waals surface area contributed by atoms with Crippen LogP contribution in [0.4, 0.5) is 10.8 Å². The van der Waals surface area contributed by atoms with Crippen molar-refractivity contribution in [1.29, 1.82) is 0 Å². The van der Waals surface area contributed by atoms with Crippen molar-refractivity contribution >= 4 is 22.2 Å². The van der Waals surface area contributed by atoms with Crippen LogP contribution in [-0.2, 0) is 6.54 Å². The first-order valence-corrected chi connectivity index (χ1v) is 8.18. The fourth-order valence-electron chi connectivity index (χ4n) is 2.42. The largest absolute Gasteiger partial charge is 0.339 e. The molecule has 2 aromatic carbocycles. The summed E-state index contributed by atoms with van der Waals surface area (Å²) < 4.78 is 2.26. The summed E-state index contributed by atoms with van der Waals surface area (Å²) in [4.78, 5) is 0. The molecule has 3 rings (SSSR count). The van der Waals surface area contributed by atoms with E-state index in [4.69, 9.17) is 0 Å². The number of benzene rings is 2. The van der Waals surface area contributed by atoms with Gasteiger partial charge in [0.2, 0.25) is 0 Å². The van der Waals surface area contributed by atoms with Gasteiger partial charge < -0.3 is 0 Å². The molecule has 0 aliphatic rings. The second-order valence-electron chi connectivity index (χ2n) is 5.13. The summed E-state index contributed by atoms with van der Waals surface area (Å²) in [7, 11) is 0. The summed E-state index contributed by atoms with van der Waals surface area (Å²) in [5, 5.41) is 6.86. The van der Waals surface area contributed by atoms with Crippen LogP contribution in [0.2, 0.25) is 0 Å². The van der Waals surface area contributed by atoms with Crippen LogP contribution in [0.5, 0.6) is 0 Å². The highest BCUT2D eigenvalue weighted by atomic mass is 32.1. The first-order chi connectivity index (χ1) is 10.8. The Morgan fingerprint density at radius 1 is 1.09 bits per heavy atom. The van der Waals surface area contributed by atoms with E-state index in [0.717, 1.165) is 17.4 Å². The molecule has 3 heteroatoms. The minimum Gasteiger partial charge on any atom is -0.231 e. The molecule has 0 radical (unpaired) electrons. The number of anilines is 2. The van der Waals surface area contributed by atoms with E-state index in [1.165, 1.54) is 16.8 Å². The maximum Gasteiger partial charge on any atom is 0.339 e. The van der Waals surface area contributed by atoms with Crippen molar-refractivity contribution in [2.75, 3.05) is 5.32 Å². The predicted octanol–water partition coefficient (Wildman–Crippen LogP) is 4.94. The molecule has 1 heterocycles. The van der Waals surface area contributed by atoms with Crippen LogP contribution < -0.4 is 9.88 Å². The van der Waals surface area contributed by atoms with E-state index < -0.39 is 0 Å². The topological polar surface area (TPSA) is 15.9 Å². The molecular weight excluding hydrogens is 288 g/mol. The Balaban J connectivity index is 2.00. The van der Waals surface area contributed by atoms with Crippen LogP contribution in [-0.4, -0.2) is 0 Å². The Morgan fingerprint density at radius 2 is 1.82 bits per heavy atom. The van der Waals surface area contributed by atoms with Crippen LogP contribution in [0, 0.1) is 6.92 Å². The third-order valence-electron chi connectivity index (χ3n) is 3.59. The second kappa shape index (κ2) is 6.58. The third-order valence-corrected chi connectivity index (χ3v) is 4.47. The highest BCUT2D eigenvalue weighted by Gasteiger charge is 2.19. The second-order valence-corrected chi connectivity index (χ2v) is 5.99. The number of nitrogens with one attached hydrogen (secondary N) is 1. The molecule has 2 nitrogen and oxygen atoms in total. The highest BCUT2D eigenvalue weighted by molar-refractivity contribution is 7.13. The van der Waals surface area contributed by atoms with Crippen molar-refractivity contribution in [3.05, 3.63) is 78.2 Å².